The van der Waals surface area contributed by atoms with Crippen LogP contribution in [-0.2, 0) is 11.2 Å². The van der Waals surface area contributed by atoms with E-state index in [9.17, 15) is 9.90 Å². The number of halogens is 1. The first-order chi connectivity index (χ1) is 11.6. The zero-order chi connectivity index (χ0) is 16.7. The van der Waals surface area contributed by atoms with Gasteiger partial charge in [0.05, 0.1) is 17.1 Å². The van der Waals surface area contributed by atoms with Crippen molar-refractivity contribution in [2.24, 2.45) is 0 Å². The number of nitrogens with zero attached hydrogens (tertiary/aromatic N) is 1. The molecule has 5 heteroatoms. The number of pyridine rings is 1. The zero-order valence-corrected chi connectivity index (χ0v) is 13.3. The standard InChI is InChI=1S/C19H13ClN2O2/c20-15-9-17-12(8-19(24)22-17)7-14(15)11-5-6-16(21-10-11)13-3-1-2-4-18(13)23/h1-7,9-10,23H,8H2,(H,22,24). The first-order valence-corrected chi connectivity index (χ1v) is 7.86. The Kier molecular flexibility index (Phi) is 3.47. The van der Waals surface area contributed by atoms with Crippen LogP contribution >= 0.6 is 11.6 Å². The van der Waals surface area contributed by atoms with E-state index in [1.165, 1.54) is 0 Å². The second-order valence-corrected chi connectivity index (χ2v) is 6.07. The molecule has 24 heavy (non-hydrogen) atoms. The van der Waals surface area contributed by atoms with Crippen LogP contribution in [0.25, 0.3) is 22.4 Å². The molecule has 4 rings (SSSR count). The molecular formula is C19H13ClN2O2. The largest absolute Gasteiger partial charge is 0.507 e. The van der Waals surface area contributed by atoms with Crippen molar-refractivity contribution in [1.29, 1.82) is 0 Å². The number of anilines is 1. The number of hydrogen-bond donors (Lipinski definition) is 2. The van der Waals surface area contributed by atoms with Crippen LogP contribution in [0.1, 0.15) is 5.56 Å². The van der Waals surface area contributed by atoms with Gasteiger partial charge in [0.25, 0.3) is 0 Å². The molecule has 2 N–H and O–H groups in total. The smallest absolute Gasteiger partial charge is 0.228 e. The summed E-state index contributed by atoms with van der Waals surface area (Å²) in [5.41, 5.74) is 4.77. The lowest BCUT2D eigenvalue weighted by molar-refractivity contribution is -0.115. The highest BCUT2D eigenvalue weighted by atomic mass is 35.5. The van der Waals surface area contributed by atoms with Crippen molar-refractivity contribution in [2.45, 2.75) is 6.42 Å². The molecule has 0 unspecified atom stereocenters. The van der Waals surface area contributed by atoms with Gasteiger partial charge in [0.1, 0.15) is 5.75 Å². The van der Waals surface area contributed by atoms with Gasteiger partial charge >= 0.3 is 0 Å². The molecule has 1 aromatic heterocycles. The third-order valence-electron chi connectivity index (χ3n) is 4.07. The van der Waals surface area contributed by atoms with Gasteiger partial charge in [0.15, 0.2) is 0 Å². The number of rotatable bonds is 2. The van der Waals surface area contributed by atoms with Crippen LogP contribution in [0.2, 0.25) is 5.02 Å². The van der Waals surface area contributed by atoms with E-state index in [2.05, 4.69) is 10.3 Å². The molecule has 3 aromatic rings. The fourth-order valence-corrected chi connectivity index (χ4v) is 3.14. The maximum absolute atomic E-state index is 11.5. The maximum Gasteiger partial charge on any atom is 0.228 e. The van der Waals surface area contributed by atoms with Gasteiger partial charge in [0, 0.05) is 28.6 Å². The Labute approximate surface area is 143 Å². The molecule has 118 valence electrons. The van der Waals surface area contributed by atoms with Crippen LogP contribution in [0, 0.1) is 0 Å². The van der Waals surface area contributed by atoms with E-state index in [1.807, 2.05) is 30.3 Å². The van der Waals surface area contributed by atoms with Gasteiger partial charge in [-0.25, -0.2) is 0 Å². The van der Waals surface area contributed by atoms with Crippen LogP contribution in [0.15, 0.2) is 54.7 Å². The van der Waals surface area contributed by atoms with E-state index in [1.54, 1.807) is 24.4 Å². The predicted molar refractivity (Wildman–Crippen MR) is 94.1 cm³/mol. The minimum atomic E-state index is -0.0220. The molecule has 1 aliphatic rings. The number of amides is 1. The molecule has 0 aliphatic carbocycles. The number of phenols is 1. The number of para-hydroxylation sites is 1. The molecule has 1 aliphatic heterocycles. The van der Waals surface area contributed by atoms with Crippen LogP contribution in [-0.4, -0.2) is 16.0 Å². The van der Waals surface area contributed by atoms with Crippen molar-refractivity contribution in [3.05, 3.63) is 65.3 Å². The average Bonchev–Trinajstić information content (AvgIpc) is 2.94. The first-order valence-electron chi connectivity index (χ1n) is 7.49. The fourth-order valence-electron chi connectivity index (χ4n) is 2.87. The van der Waals surface area contributed by atoms with Crippen molar-refractivity contribution in [3.63, 3.8) is 0 Å². The van der Waals surface area contributed by atoms with Crippen LogP contribution in [0.5, 0.6) is 5.75 Å². The number of nitrogens with one attached hydrogen (secondary N) is 1. The first kappa shape index (κ1) is 14.7. The van der Waals surface area contributed by atoms with E-state index < -0.39 is 0 Å². The van der Waals surface area contributed by atoms with E-state index in [-0.39, 0.29) is 11.7 Å². The molecule has 1 amide bonds. The molecule has 2 heterocycles. The number of carbonyl (C=O) groups is 1. The van der Waals surface area contributed by atoms with Crippen LogP contribution in [0.4, 0.5) is 5.69 Å². The van der Waals surface area contributed by atoms with Gasteiger partial charge in [-0.05, 0) is 35.9 Å². The summed E-state index contributed by atoms with van der Waals surface area (Å²) >= 11 is 6.35. The highest BCUT2D eigenvalue weighted by Gasteiger charge is 2.20. The molecule has 2 aromatic carbocycles. The summed E-state index contributed by atoms with van der Waals surface area (Å²) in [5.74, 6) is 0.171. The molecule has 4 nitrogen and oxygen atoms in total. The van der Waals surface area contributed by atoms with E-state index in [4.69, 9.17) is 11.6 Å². The maximum atomic E-state index is 11.5. The Hall–Kier alpha value is -2.85. The number of carbonyl (C=O) groups excluding carboxylic acids is 1. The summed E-state index contributed by atoms with van der Waals surface area (Å²) < 4.78 is 0. The molecule has 0 atom stereocenters. The van der Waals surface area contributed by atoms with E-state index >= 15 is 0 Å². The minimum Gasteiger partial charge on any atom is -0.507 e. The molecule has 0 spiro atoms. The van der Waals surface area contributed by atoms with Gasteiger partial charge in [-0.15, -0.1) is 0 Å². The second kappa shape index (κ2) is 5.65. The molecular weight excluding hydrogens is 324 g/mol. The SMILES string of the molecule is O=C1Cc2cc(-c3ccc(-c4ccccc4O)nc3)c(Cl)cc2N1. The van der Waals surface area contributed by atoms with Gasteiger partial charge in [-0.3, -0.25) is 9.78 Å². The number of aromatic nitrogens is 1. The van der Waals surface area contributed by atoms with E-state index in [0.29, 0.717) is 22.7 Å². The highest BCUT2D eigenvalue weighted by Crippen LogP contribution is 2.36. The summed E-state index contributed by atoms with van der Waals surface area (Å²) in [6, 6.07) is 14.5. The Bertz CT molecular complexity index is 952. The van der Waals surface area contributed by atoms with Gasteiger partial charge in [-0.1, -0.05) is 29.8 Å². The lowest BCUT2D eigenvalue weighted by Gasteiger charge is -2.09. The molecule has 0 fully saturated rings. The van der Waals surface area contributed by atoms with Gasteiger partial charge < -0.3 is 10.4 Å². The highest BCUT2D eigenvalue weighted by molar-refractivity contribution is 6.34. The normalized spacial score (nSPS) is 12.8. The summed E-state index contributed by atoms with van der Waals surface area (Å²) in [4.78, 5) is 15.9. The lowest BCUT2D eigenvalue weighted by atomic mass is 10.0. The number of aromatic hydroxyl groups is 1. The summed E-state index contributed by atoms with van der Waals surface area (Å²) in [6.45, 7) is 0. The average molecular weight is 337 g/mol. The second-order valence-electron chi connectivity index (χ2n) is 5.66. The number of hydrogen-bond acceptors (Lipinski definition) is 3. The van der Waals surface area contributed by atoms with Crippen molar-refractivity contribution < 1.29 is 9.90 Å². The van der Waals surface area contributed by atoms with Gasteiger partial charge in [0.2, 0.25) is 5.91 Å². The van der Waals surface area contributed by atoms with Crippen molar-refractivity contribution in [3.8, 4) is 28.1 Å². The van der Waals surface area contributed by atoms with Crippen LogP contribution in [0.3, 0.4) is 0 Å². The van der Waals surface area contributed by atoms with Crippen LogP contribution < -0.4 is 5.32 Å². The van der Waals surface area contributed by atoms with Crippen molar-refractivity contribution in [2.75, 3.05) is 5.32 Å². The summed E-state index contributed by atoms with van der Waals surface area (Å²) in [5, 5.41) is 13.3. The zero-order valence-electron chi connectivity index (χ0n) is 12.6. The number of phenolic OH excluding ortho intramolecular Hbond substituents is 1. The number of fused-ring (bicyclic) bond motifs is 1. The molecule has 0 saturated heterocycles. The molecule has 0 radical (unpaired) electrons. The third-order valence-corrected chi connectivity index (χ3v) is 4.39. The van der Waals surface area contributed by atoms with E-state index in [0.717, 1.165) is 22.4 Å². The Morgan fingerprint density at radius 3 is 2.67 bits per heavy atom. The quantitative estimate of drug-likeness (QED) is 0.734. The number of benzene rings is 2. The van der Waals surface area contributed by atoms with Crippen molar-refractivity contribution in [1.82, 2.24) is 4.98 Å². The van der Waals surface area contributed by atoms with Crippen molar-refractivity contribution >= 4 is 23.2 Å². The molecule has 0 bridgehead atoms. The Morgan fingerprint density at radius 2 is 1.92 bits per heavy atom. The Morgan fingerprint density at radius 1 is 1.08 bits per heavy atom. The topological polar surface area (TPSA) is 62.2 Å². The summed E-state index contributed by atoms with van der Waals surface area (Å²) in [7, 11) is 0. The molecule has 0 saturated carbocycles. The third kappa shape index (κ3) is 2.51. The fraction of sp³-hybridized carbons (Fsp3) is 0.0526. The minimum absolute atomic E-state index is 0.0220. The summed E-state index contributed by atoms with van der Waals surface area (Å²) in [6.07, 6.45) is 2.09. The Balaban J connectivity index is 1.73. The predicted octanol–water partition coefficient (Wildman–Crippen LogP) is 4.27. The lowest BCUT2D eigenvalue weighted by Crippen LogP contribution is -2.03. The monoisotopic (exact) mass is 336 g/mol. The van der Waals surface area contributed by atoms with Gasteiger partial charge in [-0.2, -0.15) is 0 Å².